The topological polar surface area (TPSA) is 62.0 Å². The molecule has 0 aliphatic carbocycles. The summed E-state index contributed by atoms with van der Waals surface area (Å²) in [7, 11) is 0. The molecular formula is C17H13FN2O2. The molecule has 0 fully saturated rings. The SMILES string of the molecule is Cc1ccc2cc(C(=O)Nc3ccc(F)cc3)[nH]c(=O)c2c1. The standard InChI is InChI=1S/C17H13FN2O2/c1-10-2-3-11-9-15(20-16(21)14(11)8-10)17(22)19-13-6-4-12(18)5-7-13/h2-9H,1H3,(H,19,22)(H,20,21). The van der Waals surface area contributed by atoms with Gasteiger partial charge in [0.15, 0.2) is 0 Å². The first-order valence-electron chi connectivity index (χ1n) is 6.73. The zero-order valence-corrected chi connectivity index (χ0v) is 11.8. The largest absolute Gasteiger partial charge is 0.321 e. The van der Waals surface area contributed by atoms with Crippen LogP contribution in [0.3, 0.4) is 0 Å². The van der Waals surface area contributed by atoms with Gasteiger partial charge in [0.25, 0.3) is 11.5 Å². The fraction of sp³-hybridized carbons (Fsp3) is 0.0588. The summed E-state index contributed by atoms with van der Waals surface area (Å²) < 4.78 is 12.8. The lowest BCUT2D eigenvalue weighted by molar-refractivity contribution is 0.102. The summed E-state index contributed by atoms with van der Waals surface area (Å²) in [6.45, 7) is 1.90. The van der Waals surface area contributed by atoms with Gasteiger partial charge in [0.05, 0.1) is 0 Å². The van der Waals surface area contributed by atoms with E-state index in [2.05, 4.69) is 10.3 Å². The highest BCUT2D eigenvalue weighted by Crippen LogP contribution is 2.14. The van der Waals surface area contributed by atoms with Gasteiger partial charge in [0.1, 0.15) is 11.5 Å². The third-order valence-corrected chi connectivity index (χ3v) is 3.35. The second kappa shape index (κ2) is 5.44. The maximum atomic E-state index is 12.8. The van der Waals surface area contributed by atoms with Crippen LogP contribution in [0.15, 0.2) is 53.3 Å². The maximum absolute atomic E-state index is 12.8. The summed E-state index contributed by atoms with van der Waals surface area (Å²) >= 11 is 0. The molecular weight excluding hydrogens is 283 g/mol. The molecule has 0 aliphatic heterocycles. The number of aromatic nitrogens is 1. The van der Waals surface area contributed by atoms with Crippen molar-refractivity contribution in [3.63, 3.8) is 0 Å². The van der Waals surface area contributed by atoms with Gasteiger partial charge in [-0.2, -0.15) is 0 Å². The Bertz CT molecular complexity index is 914. The number of hydrogen-bond donors (Lipinski definition) is 2. The predicted molar refractivity (Wildman–Crippen MR) is 83.7 cm³/mol. The van der Waals surface area contributed by atoms with Gasteiger partial charge in [0, 0.05) is 11.1 Å². The molecule has 0 radical (unpaired) electrons. The smallest absolute Gasteiger partial charge is 0.272 e. The highest BCUT2D eigenvalue weighted by Gasteiger charge is 2.10. The summed E-state index contributed by atoms with van der Waals surface area (Å²) in [5, 5.41) is 3.85. The van der Waals surface area contributed by atoms with E-state index in [1.807, 2.05) is 13.0 Å². The molecule has 4 nitrogen and oxygen atoms in total. The van der Waals surface area contributed by atoms with Crippen LogP contribution in [0, 0.1) is 12.7 Å². The van der Waals surface area contributed by atoms with E-state index in [9.17, 15) is 14.0 Å². The van der Waals surface area contributed by atoms with Gasteiger partial charge in [-0.05, 0) is 48.7 Å². The Morgan fingerprint density at radius 1 is 1.09 bits per heavy atom. The van der Waals surface area contributed by atoms with Crippen LogP contribution in [0.4, 0.5) is 10.1 Å². The zero-order valence-electron chi connectivity index (χ0n) is 11.8. The monoisotopic (exact) mass is 296 g/mol. The molecule has 0 bridgehead atoms. The van der Waals surface area contributed by atoms with Gasteiger partial charge < -0.3 is 10.3 Å². The van der Waals surface area contributed by atoms with E-state index in [-0.39, 0.29) is 17.1 Å². The molecule has 3 aromatic rings. The fourth-order valence-corrected chi connectivity index (χ4v) is 2.23. The first-order valence-corrected chi connectivity index (χ1v) is 6.73. The van der Waals surface area contributed by atoms with E-state index >= 15 is 0 Å². The number of benzene rings is 2. The molecule has 0 spiro atoms. The van der Waals surface area contributed by atoms with Crippen LogP contribution >= 0.6 is 0 Å². The number of H-pyrrole nitrogens is 1. The van der Waals surface area contributed by atoms with Crippen LogP contribution in [0.5, 0.6) is 0 Å². The minimum absolute atomic E-state index is 0.158. The van der Waals surface area contributed by atoms with Gasteiger partial charge in [-0.3, -0.25) is 9.59 Å². The number of fused-ring (bicyclic) bond motifs is 1. The number of amides is 1. The van der Waals surface area contributed by atoms with E-state index in [0.717, 1.165) is 5.56 Å². The molecule has 1 aromatic heterocycles. The molecule has 1 heterocycles. The minimum atomic E-state index is -0.453. The first kappa shape index (κ1) is 14.0. The van der Waals surface area contributed by atoms with E-state index in [0.29, 0.717) is 16.5 Å². The van der Waals surface area contributed by atoms with Gasteiger partial charge >= 0.3 is 0 Å². The van der Waals surface area contributed by atoms with Crippen LogP contribution in [0.25, 0.3) is 10.8 Å². The Morgan fingerprint density at radius 3 is 2.55 bits per heavy atom. The summed E-state index contributed by atoms with van der Waals surface area (Å²) in [5.74, 6) is -0.835. The number of aryl methyl sites for hydroxylation is 1. The van der Waals surface area contributed by atoms with Crippen molar-refractivity contribution in [3.8, 4) is 0 Å². The number of carbonyl (C=O) groups excluding carboxylic acids is 1. The van der Waals surface area contributed by atoms with Crippen molar-refractivity contribution in [3.05, 3.63) is 76.0 Å². The molecule has 110 valence electrons. The number of anilines is 1. The summed E-state index contributed by atoms with van der Waals surface area (Å²) in [6.07, 6.45) is 0. The van der Waals surface area contributed by atoms with Gasteiger partial charge in [-0.25, -0.2) is 4.39 Å². The van der Waals surface area contributed by atoms with Crippen molar-refractivity contribution >= 4 is 22.4 Å². The second-order valence-corrected chi connectivity index (χ2v) is 5.06. The average Bonchev–Trinajstić information content (AvgIpc) is 2.50. The number of rotatable bonds is 2. The van der Waals surface area contributed by atoms with E-state index in [1.165, 1.54) is 24.3 Å². The number of halogens is 1. The van der Waals surface area contributed by atoms with Gasteiger partial charge in [-0.1, -0.05) is 17.7 Å². The van der Waals surface area contributed by atoms with Crippen LogP contribution in [0.1, 0.15) is 16.1 Å². The van der Waals surface area contributed by atoms with Crippen molar-refractivity contribution < 1.29 is 9.18 Å². The third-order valence-electron chi connectivity index (χ3n) is 3.35. The number of nitrogens with one attached hydrogen (secondary N) is 2. The molecule has 3 rings (SSSR count). The van der Waals surface area contributed by atoms with Crippen molar-refractivity contribution in [1.29, 1.82) is 0 Å². The van der Waals surface area contributed by atoms with Crippen LogP contribution in [-0.4, -0.2) is 10.9 Å². The summed E-state index contributed by atoms with van der Waals surface area (Å²) in [6, 6.07) is 12.5. The van der Waals surface area contributed by atoms with E-state index < -0.39 is 5.91 Å². The molecule has 2 aromatic carbocycles. The van der Waals surface area contributed by atoms with Crippen molar-refractivity contribution in [1.82, 2.24) is 4.98 Å². The minimum Gasteiger partial charge on any atom is -0.321 e. The van der Waals surface area contributed by atoms with E-state index in [4.69, 9.17) is 0 Å². The van der Waals surface area contributed by atoms with Crippen molar-refractivity contribution in [2.24, 2.45) is 0 Å². The second-order valence-electron chi connectivity index (χ2n) is 5.06. The number of carbonyl (C=O) groups is 1. The molecule has 1 amide bonds. The van der Waals surface area contributed by atoms with Gasteiger partial charge in [0.2, 0.25) is 0 Å². The fourth-order valence-electron chi connectivity index (χ4n) is 2.23. The lowest BCUT2D eigenvalue weighted by atomic mass is 10.1. The highest BCUT2D eigenvalue weighted by molar-refractivity contribution is 6.04. The lowest BCUT2D eigenvalue weighted by Gasteiger charge is -2.06. The van der Waals surface area contributed by atoms with Crippen LogP contribution in [0.2, 0.25) is 0 Å². The molecule has 0 saturated carbocycles. The number of hydrogen-bond acceptors (Lipinski definition) is 2. The average molecular weight is 296 g/mol. The van der Waals surface area contributed by atoms with Crippen molar-refractivity contribution in [2.75, 3.05) is 5.32 Å². The molecule has 0 atom stereocenters. The highest BCUT2D eigenvalue weighted by atomic mass is 19.1. The van der Waals surface area contributed by atoms with Gasteiger partial charge in [-0.15, -0.1) is 0 Å². The first-order chi connectivity index (χ1) is 10.5. The van der Waals surface area contributed by atoms with Crippen LogP contribution in [-0.2, 0) is 0 Å². The molecule has 22 heavy (non-hydrogen) atoms. The van der Waals surface area contributed by atoms with Crippen LogP contribution < -0.4 is 10.9 Å². The summed E-state index contributed by atoms with van der Waals surface area (Å²) in [5.41, 5.74) is 1.27. The molecule has 0 unspecified atom stereocenters. The molecule has 0 aliphatic rings. The Balaban J connectivity index is 1.96. The van der Waals surface area contributed by atoms with Crippen molar-refractivity contribution in [2.45, 2.75) is 6.92 Å². The maximum Gasteiger partial charge on any atom is 0.272 e. The third kappa shape index (κ3) is 2.74. The summed E-state index contributed by atoms with van der Waals surface area (Å²) in [4.78, 5) is 26.8. The zero-order chi connectivity index (χ0) is 15.7. The number of pyridine rings is 1. The Kier molecular flexibility index (Phi) is 3.47. The lowest BCUT2D eigenvalue weighted by Crippen LogP contribution is -2.19. The molecule has 0 saturated heterocycles. The van der Waals surface area contributed by atoms with E-state index in [1.54, 1.807) is 18.2 Å². The molecule has 2 N–H and O–H groups in total. The Hall–Kier alpha value is -2.95. The Labute approximate surface area is 125 Å². The number of aromatic amines is 1. The molecule has 5 heteroatoms. The normalized spacial score (nSPS) is 10.6. The predicted octanol–water partition coefficient (Wildman–Crippen LogP) is 3.23. The quantitative estimate of drug-likeness (QED) is 0.762. The Morgan fingerprint density at radius 2 is 1.82 bits per heavy atom.